The molecule has 3 N–H and O–H groups in total. The minimum absolute atomic E-state index is 0.201. The number of ether oxygens (including phenoxy) is 2. The Kier molecular flexibility index (Phi) is 9.47. The Morgan fingerprint density at radius 1 is 1.19 bits per heavy atom. The van der Waals surface area contributed by atoms with Crippen LogP contribution in [0.1, 0.15) is 64.5 Å². The minimum atomic E-state index is -1.25. The molecule has 2 rings (SSSR count). The van der Waals surface area contributed by atoms with Gasteiger partial charge in [0.25, 0.3) is 0 Å². The summed E-state index contributed by atoms with van der Waals surface area (Å²) in [5.41, 5.74) is 2.02. The zero-order chi connectivity index (χ0) is 23.1. The van der Waals surface area contributed by atoms with Crippen LogP contribution < -0.4 is 5.32 Å². The van der Waals surface area contributed by atoms with E-state index in [1.54, 1.807) is 13.8 Å². The molecule has 4 unspecified atom stereocenters. The lowest BCUT2D eigenvalue weighted by atomic mass is 9.92. The van der Waals surface area contributed by atoms with E-state index >= 15 is 0 Å². The quantitative estimate of drug-likeness (QED) is 0.514. The van der Waals surface area contributed by atoms with Crippen molar-refractivity contribution in [1.29, 1.82) is 0 Å². The predicted octanol–water partition coefficient (Wildman–Crippen LogP) is 2.33. The average molecular weight is 436 g/mol. The molecule has 0 saturated carbocycles. The maximum Gasteiger partial charge on any atom is 0.313 e. The van der Waals surface area contributed by atoms with Crippen LogP contribution in [0.3, 0.4) is 0 Å². The van der Waals surface area contributed by atoms with Gasteiger partial charge in [-0.2, -0.15) is 0 Å². The molecule has 0 spiro atoms. The second-order valence-electron chi connectivity index (χ2n) is 8.86. The first-order valence-corrected chi connectivity index (χ1v) is 11.2. The van der Waals surface area contributed by atoms with Gasteiger partial charge in [0.2, 0.25) is 5.91 Å². The molecule has 1 heterocycles. The lowest BCUT2D eigenvalue weighted by molar-refractivity contribution is -0.208. The summed E-state index contributed by atoms with van der Waals surface area (Å²) >= 11 is 0. The van der Waals surface area contributed by atoms with Crippen LogP contribution >= 0.6 is 0 Å². The Balaban J connectivity index is 2.15. The van der Waals surface area contributed by atoms with E-state index in [2.05, 4.69) is 19.2 Å². The van der Waals surface area contributed by atoms with Gasteiger partial charge in [-0.15, -0.1) is 0 Å². The molecule has 7 nitrogen and oxygen atoms in total. The molecule has 7 heteroatoms. The van der Waals surface area contributed by atoms with Crippen LogP contribution in [0.15, 0.2) is 24.3 Å². The summed E-state index contributed by atoms with van der Waals surface area (Å²) in [6, 6.07) is 7.16. The summed E-state index contributed by atoms with van der Waals surface area (Å²) in [6.45, 7) is 9.27. The molecular formula is C24H37NO6. The highest BCUT2D eigenvalue weighted by Crippen LogP contribution is 2.27. The van der Waals surface area contributed by atoms with Gasteiger partial charge in [-0.05, 0) is 43.7 Å². The van der Waals surface area contributed by atoms with Crippen molar-refractivity contribution in [2.45, 2.75) is 90.3 Å². The number of hydrogen-bond donors (Lipinski definition) is 3. The van der Waals surface area contributed by atoms with Crippen LogP contribution in [0.25, 0.3) is 0 Å². The summed E-state index contributed by atoms with van der Waals surface area (Å²) in [7, 11) is 0. The molecule has 31 heavy (non-hydrogen) atoms. The van der Waals surface area contributed by atoms with E-state index in [-0.39, 0.29) is 5.91 Å². The number of benzene rings is 1. The second kappa shape index (κ2) is 11.6. The Morgan fingerprint density at radius 2 is 1.84 bits per heavy atom. The van der Waals surface area contributed by atoms with Gasteiger partial charge in [0.05, 0.1) is 24.7 Å². The van der Waals surface area contributed by atoms with E-state index in [0.717, 1.165) is 12.0 Å². The molecule has 1 aliphatic rings. The fourth-order valence-electron chi connectivity index (χ4n) is 3.90. The molecular weight excluding hydrogens is 398 g/mol. The number of carbonyl (C=O) groups excluding carboxylic acids is 2. The van der Waals surface area contributed by atoms with E-state index in [0.29, 0.717) is 18.8 Å². The van der Waals surface area contributed by atoms with Crippen LogP contribution in [0.2, 0.25) is 0 Å². The molecule has 1 fully saturated rings. The largest absolute Gasteiger partial charge is 0.457 e. The van der Waals surface area contributed by atoms with Gasteiger partial charge in [0, 0.05) is 6.42 Å². The normalized spacial score (nSPS) is 27.0. The van der Waals surface area contributed by atoms with Crippen molar-refractivity contribution in [3.05, 3.63) is 35.4 Å². The molecule has 0 aliphatic carbocycles. The van der Waals surface area contributed by atoms with Crippen molar-refractivity contribution in [1.82, 2.24) is 5.32 Å². The van der Waals surface area contributed by atoms with E-state index in [1.165, 1.54) is 5.56 Å². The number of hydrogen-bond acceptors (Lipinski definition) is 6. The summed E-state index contributed by atoms with van der Waals surface area (Å²) in [5.74, 6) is -0.698. The van der Waals surface area contributed by atoms with Crippen molar-refractivity contribution in [3.8, 4) is 0 Å². The molecule has 1 aliphatic heterocycles. The highest BCUT2D eigenvalue weighted by Gasteiger charge is 2.46. The number of rotatable bonds is 9. The van der Waals surface area contributed by atoms with Gasteiger partial charge < -0.3 is 25.0 Å². The van der Waals surface area contributed by atoms with Crippen molar-refractivity contribution < 1.29 is 29.3 Å². The lowest BCUT2D eigenvalue weighted by Crippen LogP contribution is -2.64. The summed E-state index contributed by atoms with van der Waals surface area (Å²) in [5, 5.41) is 23.0. The van der Waals surface area contributed by atoms with Crippen LogP contribution in [0.4, 0.5) is 0 Å². The van der Waals surface area contributed by atoms with Gasteiger partial charge in [0.15, 0.2) is 6.10 Å². The number of amides is 1. The fraction of sp³-hybridized carbons (Fsp3) is 0.667. The van der Waals surface area contributed by atoms with Gasteiger partial charge >= 0.3 is 5.97 Å². The van der Waals surface area contributed by atoms with Crippen molar-refractivity contribution in [2.24, 2.45) is 5.92 Å². The minimum Gasteiger partial charge on any atom is -0.457 e. The maximum atomic E-state index is 12.9. The standard InChI is InChI=1S/C24H37NO6/c1-6-7-20(27)25-21-16(5)30-19(13-26)22(28)23(21)31-24(29)15(4)18-10-8-17(9-11-18)12-14(2)3/h8-11,14-16,19,21-23,26,28H,6-7,12-13H2,1-5H3,(H,25,27)/t15?,16?,19?,21?,22-,23-/m1/s1. The van der Waals surface area contributed by atoms with Gasteiger partial charge in [0.1, 0.15) is 12.2 Å². The smallest absolute Gasteiger partial charge is 0.313 e. The molecule has 174 valence electrons. The number of aliphatic hydroxyl groups is 2. The summed E-state index contributed by atoms with van der Waals surface area (Å²) < 4.78 is 11.3. The lowest BCUT2D eigenvalue weighted by Gasteiger charge is -2.43. The Labute approximate surface area is 185 Å². The SMILES string of the molecule is CCCC(=O)NC1C(C)OC(CO)[C@@H](O)[C@@H]1OC(=O)C(C)c1ccc(CC(C)C)cc1. The third-order valence-electron chi connectivity index (χ3n) is 5.68. The fourth-order valence-corrected chi connectivity index (χ4v) is 3.90. The van der Waals surface area contributed by atoms with E-state index < -0.39 is 49.0 Å². The third-order valence-corrected chi connectivity index (χ3v) is 5.68. The first-order valence-electron chi connectivity index (χ1n) is 11.2. The number of aliphatic hydroxyl groups excluding tert-OH is 2. The molecule has 6 atom stereocenters. The van der Waals surface area contributed by atoms with Gasteiger partial charge in [-0.1, -0.05) is 45.0 Å². The number of carbonyl (C=O) groups is 2. The monoisotopic (exact) mass is 435 g/mol. The Morgan fingerprint density at radius 3 is 2.39 bits per heavy atom. The van der Waals surface area contributed by atoms with Crippen LogP contribution in [-0.4, -0.2) is 59.2 Å². The Bertz CT molecular complexity index is 719. The molecule has 0 bridgehead atoms. The highest BCUT2D eigenvalue weighted by atomic mass is 16.6. The van der Waals surface area contributed by atoms with Gasteiger partial charge in [-0.25, -0.2) is 0 Å². The summed E-state index contributed by atoms with van der Waals surface area (Å²) in [6.07, 6.45) is -1.74. The first-order chi connectivity index (χ1) is 14.7. The average Bonchev–Trinajstić information content (AvgIpc) is 2.72. The third kappa shape index (κ3) is 6.76. The second-order valence-corrected chi connectivity index (χ2v) is 8.86. The molecule has 1 aromatic carbocycles. The zero-order valence-corrected chi connectivity index (χ0v) is 19.2. The topological polar surface area (TPSA) is 105 Å². The Hall–Kier alpha value is -1.96. The molecule has 1 amide bonds. The molecule has 1 saturated heterocycles. The van der Waals surface area contributed by atoms with E-state index in [1.807, 2.05) is 31.2 Å². The number of nitrogens with one attached hydrogen (secondary N) is 1. The zero-order valence-electron chi connectivity index (χ0n) is 19.2. The molecule has 0 radical (unpaired) electrons. The van der Waals surface area contributed by atoms with Crippen LogP contribution in [0, 0.1) is 5.92 Å². The van der Waals surface area contributed by atoms with Crippen LogP contribution in [-0.2, 0) is 25.5 Å². The highest BCUT2D eigenvalue weighted by molar-refractivity contribution is 5.78. The number of esters is 1. The molecule has 1 aromatic rings. The summed E-state index contributed by atoms with van der Waals surface area (Å²) in [4.78, 5) is 25.1. The van der Waals surface area contributed by atoms with Crippen molar-refractivity contribution in [2.75, 3.05) is 6.61 Å². The first kappa shape index (κ1) is 25.3. The van der Waals surface area contributed by atoms with Crippen molar-refractivity contribution in [3.63, 3.8) is 0 Å². The van der Waals surface area contributed by atoms with Crippen LogP contribution in [0.5, 0.6) is 0 Å². The van der Waals surface area contributed by atoms with E-state index in [9.17, 15) is 19.8 Å². The molecule has 0 aromatic heterocycles. The predicted molar refractivity (Wildman–Crippen MR) is 118 cm³/mol. The van der Waals surface area contributed by atoms with E-state index in [4.69, 9.17) is 9.47 Å². The van der Waals surface area contributed by atoms with Gasteiger partial charge in [-0.3, -0.25) is 9.59 Å². The van der Waals surface area contributed by atoms with Crippen molar-refractivity contribution >= 4 is 11.9 Å². The maximum absolute atomic E-state index is 12.9.